The van der Waals surface area contributed by atoms with Gasteiger partial charge in [0.15, 0.2) is 0 Å². The number of rotatable bonds is 6. The first-order valence-corrected chi connectivity index (χ1v) is 8.35. The van der Waals surface area contributed by atoms with Crippen LogP contribution >= 0.6 is 0 Å². The molecule has 2 aromatic carbocycles. The molecule has 1 N–H and O–H groups in total. The molecule has 2 aromatic rings. The highest BCUT2D eigenvalue weighted by Gasteiger charge is 2.06. The zero-order chi connectivity index (χ0) is 17.4. The molecule has 0 atom stereocenters. The lowest BCUT2D eigenvalue weighted by molar-refractivity contribution is 0.340. The molecule has 24 heavy (non-hydrogen) atoms. The van der Waals surface area contributed by atoms with Crippen molar-refractivity contribution in [2.45, 2.75) is 27.3 Å². The molecular formula is C22H26N2. The van der Waals surface area contributed by atoms with E-state index in [1.165, 1.54) is 22.6 Å². The van der Waals surface area contributed by atoms with Gasteiger partial charge in [0, 0.05) is 31.3 Å². The van der Waals surface area contributed by atoms with Gasteiger partial charge in [0.05, 0.1) is 0 Å². The van der Waals surface area contributed by atoms with Gasteiger partial charge < -0.3 is 5.41 Å². The van der Waals surface area contributed by atoms with Crippen LogP contribution in [0.3, 0.4) is 0 Å². The summed E-state index contributed by atoms with van der Waals surface area (Å²) in [5, 5.41) is 9.99. The Labute approximate surface area is 145 Å². The molecule has 0 aliphatic rings. The number of allylic oxidation sites excluding steroid dienone is 1. The lowest BCUT2D eigenvalue weighted by Crippen LogP contribution is -2.25. The molecular weight excluding hydrogens is 292 g/mol. The van der Waals surface area contributed by atoms with E-state index in [9.17, 15) is 0 Å². The average Bonchev–Trinajstić information content (AvgIpc) is 2.54. The number of nitrogens with one attached hydrogen (secondary N) is 1. The second kappa shape index (κ2) is 8.47. The predicted octanol–water partition coefficient (Wildman–Crippen LogP) is 4.90. The standard InChI is InChI=1S/C22H26N2/c1-22(2,3)14-7-4-8-16-24(17-15-23)18-20-12-9-11-19-10-5-6-13-21(19)20/h4-6,8-13,15,23H,16-18H2,1-3H3. The van der Waals surface area contributed by atoms with Crippen molar-refractivity contribution in [1.82, 2.24) is 4.90 Å². The molecule has 0 bridgehead atoms. The molecule has 0 spiro atoms. The Morgan fingerprint density at radius 3 is 2.54 bits per heavy atom. The molecule has 124 valence electrons. The van der Waals surface area contributed by atoms with Gasteiger partial charge in [-0.1, -0.05) is 60.4 Å². The molecule has 2 nitrogen and oxygen atoms in total. The fourth-order valence-electron chi connectivity index (χ4n) is 2.52. The Kier molecular flexibility index (Phi) is 6.35. The van der Waals surface area contributed by atoms with E-state index in [0.29, 0.717) is 6.54 Å². The van der Waals surface area contributed by atoms with Gasteiger partial charge in [0.2, 0.25) is 0 Å². The second-order valence-electron chi connectivity index (χ2n) is 6.96. The average molecular weight is 318 g/mol. The Morgan fingerprint density at radius 1 is 1.04 bits per heavy atom. The van der Waals surface area contributed by atoms with Crippen molar-refractivity contribution in [1.29, 1.82) is 5.41 Å². The van der Waals surface area contributed by atoms with Crippen molar-refractivity contribution < 1.29 is 0 Å². The molecule has 0 radical (unpaired) electrons. The minimum Gasteiger partial charge on any atom is -0.312 e. The molecule has 0 aliphatic carbocycles. The van der Waals surface area contributed by atoms with E-state index in [4.69, 9.17) is 5.41 Å². The van der Waals surface area contributed by atoms with E-state index in [-0.39, 0.29) is 5.41 Å². The van der Waals surface area contributed by atoms with Crippen molar-refractivity contribution in [3.05, 3.63) is 60.2 Å². The number of nitrogens with zero attached hydrogens (tertiary/aromatic N) is 1. The molecule has 0 unspecified atom stereocenters. The Morgan fingerprint density at radius 2 is 1.79 bits per heavy atom. The van der Waals surface area contributed by atoms with Crippen LogP contribution in [0.4, 0.5) is 0 Å². The third kappa shape index (κ3) is 5.68. The van der Waals surface area contributed by atoms with Gasteiger partial charge in [-0.05, 0) is 43.2 Å². The van der Waals surface area contributed by atoms with Crippen LogP contribution in [0.1, 0.15) is 26.3 Å². The van der Waals surface area contributed by atoms with Gasteiger partial charge in [0.1, 0.15) is 0 Å². The molecule has 0 heterocycles. The van der Waals surface area contributed by atoms with Crippen LogP contribution in [0.5, 0.6) is 0 Å². The Balaban J connectivity index is 2.09. The van der Waals surface area contributed by atoms with Crippen LogP contribution in [0.25, 0.3) is 10.8 Å². The zero-order valence-electron chi connectivity index (χ0n) is 14.8. The minimum atomic E-state index is 0.0297. The normalized spacial score (nSPS) is 11.7. The molecule has 2 heteroatoms. The van der Waals surface area contributed by atoms with Gasteiger partial charge in [-0.15, -0.1) is 0 Å². The largest absolute Gasteiger partial charge is 0.312 e. The van der Waals surface area contributed by atoms with Crippen molar-refractivity contribution in [2.24, 2.45) is 5.41 Å². The van der Waals surface area contributed by atoms with E-state index in [2.05, 4.69) is 86.1 Å². The fourth-order valence-corrected chi connectivity index (χ4v) is 2.52. The van der Waals surface area contributed by atoms with E-state index >= 15 is 0 Å². The summed E-state index contributed by atoms with van der Waals surface area (Å²) in [7, 11) is 0. The Bertz CT molecular complexity index is 764. The number of hydrogen-bond donors (Lipinski definition) is 1. The number of benzene rings is 2. The van der Waals surface area contributed by atoms with Crippen LogP contribution in [-0.4, -0.2) is 24.2 Å². The predicted molar refractivity (Wildman–Crippen MR) is 104 cm³/mol. The van der Waals surface area contributed by atoms with E-state index in [1.807, 2.05) is 6.08 Å². The summed E-state index contributed by atoms with van der Waals surface area (Å²) >= 11 is 0. The zero-order valence-corrected chi connectivity index (χ0v) is 14.8. The summed E-state index contributed by atoms with van der Waals surface area (Å²) in [5.74, 6) is 6.30. The molecule has 0 fully saturated rings. The first kappa shape index (κ1) is 18.0. The molecule has 2 rings (SSSR count). The lowest BCUT2D eigenvalue weighted by Gasteiger charge is -2.19. The first-order chi connectivity index (χ1) is 11.5. The summed E-state index contributed by atoms with van der Waals surface area (Å²) in [6, 6.07) is 14.9. The molecule has 0 amide bonds. The quantitative estimate of drug-likeness (QED) is 0.595. The second-order valence-corrected chi connectivity index (χ2v) is 6.96. The molecule has 0 aromatic heterocycles. The highest BCUT2D eigenvalue weighted by molar-refractivity contribution is 5.85. The Hall–Kier alpha value is -2.37. The molecule has 0 saturated carbocycles. The highest BCUT2D eigenvalue weighted by Crippen LogP contribution is 2.19. The summed E-state index contributed by atoms with van der Waals surface area (Å²) in [5.41, 5.74) is 1.33. The van der Waals surface area contributed by atoms with E-state index < -0.39 is 0 Å². The summed E-state index contributed by atoms with van der Waals surface area (Å²) in [4.78, 5) is 2.24. The first-order valence-electron chi connectivity index (χ1n) is 8.35. The maximum Gasteiger partial charge on any atom is 0.0337 e. The topological polar surface area (TPSA) is 27.1 Å². The monoisotopic (exact) mass is 318 g/mol. The minimum absolute atomic E-state index is 0.0297. The number of fused-ring (bicyclic) bond motifs is 1. The van der Waals surface area contributed by atoms with Gasteiger partial charge in [-0.25, -0.2) is 0 Å². The van der Waals surface area contributed by atoms with Gasteiger partial charge >= 0.3 is 0 Å². The van der Waals surface area contributed by atoms with Crippen LogP contribution < -0.4 is 0 Å². The van der Waals surface area contributed by atoms with Crippen molar-refractivity contribution in [3.63, 3.8) is 0 Å². The summed E-state index contributed by atoms with van der Waals surface area (Å²) in [6.07, 6.45) is 5.46. The van der Waals surface area contributed by atoms with Gasteiger partial charge in [-0.3, -0.25) is 4.90 Å². The van der Waals surface area contributed by atoms with Crippen molar-refractivity contribution in [2.75, 3.05) is 13.1 Å². The smallest absolute Gasteiger partial charge is 0.0337 e. The van der Waals surface area contributed by atoms with Crippen molar-refractivity contribution in [3.8, 4) is 11.8 Å². The lowest BCUT2D eigenvalue weighted by atomic mass is 9.98. The highest BCUT2D eigenvalue weighted by atomic mass is 15.1. The van der Waals surface area contributed by atoms with Crippen LogP contribution in [0, 0.1) is 22.7 Å². The van der Waals surface area contributed by atoms with E-state index in [1.54, 1.807) is 0 Å². The maximum absolute atomic E-state index is 7.44. The molecule has 0 aliphatic heterocycles. The van der Waals surface area contributed by atoms with Crippen molar-refractivity contribution >= 4 is 17.0 Å². The SMILES string of the molecule is CC(C)(C)C#CC=CCN(CC=N)Cc1cccc2ccccc12. The summed E-state index contributed by atoms with van der Waals surface area (Å²) in [6.45, 7) is 8.58. The van der Waals surface area contributed by atoms with Crippen LogP contribution in [0.15, 0.2) is 54.6 Å². The fraction of sp³-hybridized carbons (Fsp3) is 0.318. The van der Waals surface area contributed by atoms with E-state index in [0.717, 1.165) is 13.1 Å². The van der Waals surface area contributed by atoms with Crippen LogP contribution in [-0.2, 0) is 6.54 Å². The third-order valence-electron chi connectivity index (χ3n) is 3.64. The summed E-state index contributed by atoms with van der Waals surface area (Å²) < 4.78 is 0. The van der Waals surface area contributed by atoms with Crippen LogP contribution in [0.2, 0.25) is 0 Å². The maximum atomic E-state index is 7.44. The molecule has 0 saturated heterocycles. The van der Waals surface area contributed by atoms with Gasteiger partial charge in [-0.2, -0.15) is 0 Å². The number of hydrogen-bond acceptors (Lipinski definition) is 2. The van der Waals surface area contributed by atoms with Gasteiger partial charge in [0.25, 0.3) is 0 Å². The third-order valence-corrected chi connectivity index (χ3v) is 3.64.